The van der Waals surface area contributed by atoms with Crippen LogP contribution in [0, 0.1) is 0 Å². The second-order valence-electron chi connectivity index (χ2n) is 23.6. The van der Waals surface area contributed by atoms with Crippen LogP contribution < -0.4 is 26.2 Å². The van der Waals surface area contributed by atoms with Gasteiger partial charge in [0.15, 0.2) is 0 Å². The minimum absolute atomic E-state index is 0.169. The second-order valence-corrected chi connectivity index (χ2v) is 23.6. The largest absolute Gasteiger partial charge is 0.311 e. The van der Waals surface area contributed by atoms with Crippen molar-refractivity contribution >= 4 is 95.3 Å². The first-order valence-electron chi connectivity index (χ1n) is 30.5. The Kier molecular flexibility index (Phi) is 11.4. The van der Waals surface area contributed by atoms with Gasteiger partial charge in [0.25, 0.3) is 6.71 Å². The lowest BCUT2D eigenvalue weighted by Crippen LogP contribution is -2.61. The summed E-state index contributed by atoms with van der Waals surface area (Å²) >= 11 is 0. The van der Waals surface area contributed by atoms with Crippen LogP contribution >= 0.6 is 0 Å². The van der Waals surface area contributed by atoms with Gasteiger partial charge in [0.05, 0.1) is 16.6 Å². The topological polar surface area (TPSA) is 10.9 Å². The lowest BCUT2D eigenvalue weighted by Gasteiger charge is -2.45. The fourth-order valence-corrected chi connectivity index (χ4v) is 14.6. The van der Waals surface area contributed by atoms with E-state index in [1.54, 1.807) is 0 Å². The van der Waals surface area contributed by atoms with E-state index in [9.17, 15) is 0 Å². The number of fused-ring (bicyclic) bond motifs is 10. The van der Waals surface area contributed by atoms with E-state index in [4.69, 9.17) is 0 Å². The van der Waals surface area contributed by atoms with Crippen molar-refractivity contribution in [1.29, 1.82) is 0 Å². The molecule has 16 aromatic rings. The van der Waals surface area contributed by atoms with E-state index in [1.807, 2.05) is 0 Å². The number of benzene rings is 14. The molecule has 0 aliphatic carbocycles. The molecular weight excluding hydrogens is 1060 g/mol. The zero-order valence-corrected chi connectivity index (χ0v) is 48.1. The number of aromatic nitrogens is 1. The molecule has 0 radical (unpaired) electrons. The Labute approximate surface area is 512 Å². The van der Waals surface area contributed by atoms with Crippen LogP contribution in [-0.2, 0) is 0 Å². The summed E-state index contributed by atoms with van der Waals surface area (Å²) in [6.45, 7) is -0.169. The molecule has 0 spiro atoms. The zero-order chi connectivity index (χ0) is 57.8. The third-order valence-electron chi connectivity index (χ3n) is 18.6. The van der Waals surface area contributed by atoms with Crippen molar-refractivity contribution in [3.05, 3.63) is 328 Å². The van der Waals surface area contributed by atoms with E-state index in [0.717, 1.165) is 67.5 Å². The molecule has 2 aliphatic rings. The van der Waals surface area contributed by atoms with Crippen molar-refractivity contribution in [3.63, 3.8) is 0 Å². The van der Waals surface area contributed by atoms with Gasteiger partial charge < -0.3 is 14.2 Å². The Balaban J connectivity index is 0.976. The van der Waals surface area contributed by atoms with E-state index >= 15 is 0 Å². The molecule has 14 aromatic carbocycles. The number of hydrogen-bond donors (Lipinski definition) is 0. The average Bonchev–Trinajstić information content (AvgIpc) is 2.21. The first-order valence-corrected chi connectivity index (χ1v) is 30.5. The van der Waals surface area contributed by atoms with Crippen LogP contribution in [0.4, 0.5) is 34.1 Å². The molecule has 88 heavy (non-hydrogen) atoms. The van der Waals surface area contributed by atoms with E-state index in [0.29, 0.717) is 0 Å². The van der Waals surface area contributed by atoms with Gasteiger partial charge in [-0.1, -0.05) is 249 Å². The monoisotopic (exact) mass is 1120 g/mol. The first kappa shape index (κ1) is 49.9. The minimum Gasteiger partial charge on any atom is -0.311 e. The van der Waals surface area contributed by atoms with Gasteiger partial charge in [0, 0.05) is 55.7 Å². The van der Waals surface area contributed by atoms with Crippen molar-refractivity contribution in [2.45, 2.75) is 0 Å². The molecule has 0 bridgehead atoms. The maximum atomic E-state index is 2.60. The molecular formula is C84H54BN3. The van der Waals surface area contributed by atoms with Crippen LogP contribution in [0.1, 0.15) is 0 Å². The molecule has 0 amide bonds. The molecule has 0 unspecified atom stereocenters. The van der Waals surface area contributed by atoms with E-state index < -0.39 is 0 Å². The summed E-state index contributed by atoms with van der Waals surface area (Å²) in [6, 6.07) is 122. The van der Waals surface area contributed by atoms with Crippen molar-refractivity contribution in [2.75, 3.05) is 9.80 Å². The van der Waals surface area contributed by atoms with Gasteiger partial charge >= 0.3 is 0 Å². The molecule has 0 saturated heterocycles. The van der Waals surface area contributed by atoms with Crippen LogP contribution in [-0.4, -0.2) is 11.1 Å². The Bertz CT molecular complexity index is 5020. The third kappa shape index (κ3) is 8.00. The normalized spacial score (nSPS) is 12.5. The standard InChI is InChI=1S/C84H54BN3/c1-7-22-55(23-8-1)62-39-42-79-75(51-62)85-76-52-63(56-24-9-2-10-25-56)40-43-80(76)87(70-48-66(59-30-15-5-16-31-59)45-67(49-70)60-32-17-6-18-33-60)82-54-68(61-38-41-78-74(50-61)73-36-21-35-72-71-34-19-20-37-77(71)88(78)84(72)73)53-81(83(82)85)86(79)69-46-64(57-26-11-3-12-27-57)44-65(47-69)58-28-13-4-14-29-58/h1-54H. The van der Waals surface area contributed by atoms with Crippen molar-refractivity contribution < 1.29 is 0 Å². The van der Waals surface area contributed by atoms with Gasteiger partial charge in [0.2, 0.25) is 0 Å². The summed E-state index contributed by atoms with van der Waals surface area (Å²) < 4.78 is 2.49. The minimum atomic E-state index is -0.169. The predicted octanol–water partition coefficient (Wildman–Crippen LogP) is 20.6. The Morgan fingerprint density at radius 2 is 0.545 bits per heavy atom. The molecule has 2 aromatic heterocycles. The number of rotatable bonds is 9. The van der Waals surface area contributed by atoms with Gasteiger partial charge in [-0.2, -0.15) is 0 Å². The lowest BCUT2D eigenvalue weighted by molar-refractivity contribution is 1.25. The summed E-state index contributed by atoms with van der Waals surface area (Å²) in [4.78, 5) is 5.21. The van der Waals surface area contributed by atoms with Crippen LogP contribution in [0.5, 0.6) is 0 Å². The smallest absolute Gasteiger partial charge is 0.252 e. The fraction of sp³-hybridized carbons (Fsp3) is 0. The fourth-order valence-electron chi connectivity index (χ4n) is 14.6. The number of nitrogens with zero attached hydrogens (tertiary/aromatic N) is 3. The molecule has 2 aliphatic heterocycles. The van der Waals surface area contributed by atoms with Crippen molar-refractivity contribution in [3.8, 4) is 77.9 Å². The SMILES string of the molecule is c1ccc(-c2cc(-c3ccccc3)cc(N3c4ccc(-c5ccccc5)cc4B4c5cc(-c6ccccc6)ccc5N(c5cc(-c6ccccc6)cc(-c6ccccc6)c5)c5cc(-c6ccc7c(c6)c6cccc8c9ccccc9n7c86)cc3c54)c2)cc1. The van der Waals surface area contributed by atoms with Crippen molar-refractivity contribution in [2.24, 2.45) is 0 Å². The maximum Gasteiger partial charge on any atom is 0.252 e. The molecule has 0 atom stereocenters. The number of anilines is 6. The van der Waals surface area contributed by atoms with Gasteiger partial charge in [-0.05, 0) is 173 Å². The Hall–Kier alpha value is -11.5. The quantitative estimate of drug-likeness (QED) is 0.133. The molecule has 408 valence electrons. The molecule has 4 heteroatoms. The zero-order valence-electron chi connectivity index (χ0n) is 48.1. The number of para-hydroxylation sites is 2. The predicted molar refractivity (Wildman–Crippen MR) is 373 cm³/mol. The van der Waals surface area contributed by atoms with Crippen LogP contribution in [0.3, 0.4) is 0 Å². The van der Waals surface area contributed by atoms with Gasteiger partial charge in [-0.3, -0.25) is 0 Å². The average molecular weight is 1120 g/mol. The van der Waals surface area contributed by atoms with Gasteiger partial charge in [-0.25, -0.2) is 0 Å². The molecule has 0 fully saturated rings. The molecule has 0 saturated carbocycles. The highest BCUT2D eigenvalue weighted by molar-refractivity contribution is 7.00. The highest BCUT2D eigenvalue weighted by Crippen LogP contribution is 2.50. The maximum absolute atomic E-state index is 2.60. The number of hydrogen-bond acceptors (Lipinski definition) is 2. The summed E-state index contributed by atoms with van der Waals surface area (Å²) in [5.74, 6) is 0. The van der Waals surface area contributed by atoms with Gasteiger partial charge in [0.1, 0.15) is 0 Å². The van der Waals surface area contributed by atoms with E-state index in [2.05, 4.69) is 342 Å². The second kappa shape index (κ2) is 20.1. The van der Waals surface area contributed by atoms with Crippen molar-refractivity contribution in [1.82, 2.24) is 4.40 Å². The highest BCUT2D eigenvalue weighted by Gasteiger charge is 2.44. The lowest BCUT2D eigenvalue weighted by atomic mass is 9.33. The summed E-state index contributed by atoms with van der Waals surface area (Å²) in [5.41, 5.74) is 30.5. The molecule has 18 rings (SSSR count). The summed E-state index contributed by atoms with van der Waals surface area (Å²) in [6.07, 6.45) is 0. The Morgan fingerprint density at radius 1 is 0.205 bits per heavy atom. The van der Waals surface area contributed by atoms with Crippen LogP contribution in [0.15, 0.2) is 328 Å². The van der Waals surface area contributed by atoms with E-state index in [-0.39, 0.29) is 6.71 Å². The highest BCUT2D eigenvalue weighted by atomic mass is 15.2. The van der Waals surface area contributed by atoms with E-state index in [1.165, 1.54) is 99.0 Å². The summed E-state index contributed by atoms with van der Waals surface area (Å²) in [5, 5.41) is 5.07. The molecule has 4 heterocycles. The Morgan fingerprint density at radius 3 is 0.989 bits per heavy atom. The van der Waals surface area contributed by atoms with Crippen LogP contribution in [0.2, 0.25) is 0 Å². The van der Waals surface area contributed by atoms with Crippen LogP contribution in [0.25, 0.3) is 116 Å². The molecule has 3 nitrogen and oxygen atoms in total. The molecule has 0 N–H and O–H groups in total. The first-order chi connectivity index (χ1) is 43.6. The van der Waals surface area contributed by atoms with Gasteiger partial charge in [-0.15, -0.1) is 0 Å². The third-order valence-corrected chi connectivity index (χ3v) is 18.6. The summed E-state index contributed by atoms with van der Waals surface area (Å²) in [7, 11) is 0.